The first kappa shape index (κ1) is 66.5. The number of carbonyl (C=O) groups excluding carboxylic acids is 7. The molecule has 0 bridgehead atoms. The number of sulfonamides is 1. The number of ether oxygens (including phenoxy) is 3. The van der Waals surface area contributed by atoms with Gasteiger partial charge in [0.25, 0.3) is 5.91 Å². The van der Waals surface area contributed by atoms with Crippen molar-refractivity contribution in [1.82, 2.24) is 29.6 Å². The number of benzene rings is 1. The molecule has 79 heavy (non-hydrogen) atoms. The van der Waals surface area contributed by atoms with Crippen molar-refractivity contribution in [3.63, 3.8) is 0 Å². The van der Waals surface area contributed by atoms with Gasteiger partial charge in [0.1, 0.15) is 11.8 Å². The highest BCUT2D eigenvalue weighted by atomic mass is 32.2. The number of unbranched alkanes of at least 4 members (excludes halogenated alkanes) is 3. The number of rotatable bonds is 33. The highest BCUT2D eigenvalue weighted by Gasteiger charge is 2.44. The molecule has 1 aliphatic carbocycles. The lowest BCUT2D eigenvalue weighted by molar-refractivity contribution is -0.149. The minimum Gasteiger partial charge on any atom is -0.481 e. The molecular formula is C58H94N6O14S. The third-order valence-electron chi connectivity index (χ3n) is 16.5. The Hall–Kier alpha value is -4.99. The van der Waals surface area contributed by atoms with Crippen molar-refractivity contribution in [1.29, 1.82) is 0 Å². The van der Waals surface area contributed by atoms with Crippen molar-refractivity contribution >= 4 is 57.3 Å². The maximum absolute atomic E-state index is 14.5. The molecule has 0 radical (unpaired) electrons. The zero-order valence-corrected chi connectivity index (χ0v) is 50.0. The number of hydrogen-bond acceptors (Lipinski definition) is 14. The van der Waals surface area contributed by atoms with Crippen molar-refractivity contribution in [2.75, 3.05) is 55.0 Å². The van der Waals surface area contributed by atoms with Gasteiger partial charge in [-0.25, -0.2) is 8.42 Å². The number of aliphatic carboxylic acids is 1. The Balaban J connectivity index is 1.39. The Bertz CT molecular complexity index is 2310. The second kappa shape index (κ2) is 31.3. The normalized spacial score (nSPS) is 19.3. The molecule has 3 N–H and O–H groups in total. The average Bonchev–Trinajstić information content (AvgIpc) is 4.18. The van der Waals surface area contributed by atoms with Gasteiger partial charge < -0.3 is 39.3 Å². The number of amides is 5. The Morgan fingerprint density at radius 3 is 1.91 bits per heavy atom. The summed E-state index contributed by atoms with van der Waals surface area (Å²) in [7, 11) is 4.45. The number of methoxy groups -OCH3 is 2. The molecule has 2 aliphatic heterocycles. The molecular weight excluding hydrogens is 1040 g/mol. The number of hydrogen-bond donors (Lipinski definition) is 3. The smallest absolute Gasteiger partial charge is 0.311 e. The largest absolute Gasteiger partial charge is 0.481 e. The minimum atomic E-state index is -3.99. The van der Waals surface area contributed by atoms with E-state index in [2.05, 4.69) is 10.0 Å². The summed E-state index contributed by atoms with van der Waals surface area (Å²) in [5.74, 6) is -5.00. The van der Waals surface area contributed by atoms with Gasteiger partial charge in [-0.3, -0.25) is 48.0 Å². The first-order valence-corrected chi connectivity index (χ1v) is 30.3. The number of carboxylic acids is 1. The van der Waals surface area contributed by atoms with Gasteiger partial charge in [-0.05, 0) is 101 Å². The van der Waals surface area contributed by atoms with E-state index in [0.717, 1.165) is 6.42 Å². The van der Waals surface area contributed by atoms with Crippen LogP contribution in [0.25, 0.3) is 0 Å². The van der Waals surface area contributed by atoms with Crippen LogP contribution in [0.2, 0.25) is 0 Å². The number of ketones is 1. The van der Waals surface area contributed by atoms with Gasteiger partial charge in [-0.2, -0.15) is 0 Å². The van der Waals surface area contributed by atoms with E-state index in [1.807, 2.05) is 60.5 Å². The van der Waals surface area contributed by atoms with Gasteiger partial charge >= 0.3 is 11.9 Å². The Kier molecular flexibility index (Phi) is 26.3. The van der Waals surface area contributed by atoms with Gasteiger partial charge in [0.05, 0.1) is 53.8 Å². The molecule has 446 valence electrons. The lowest BCUT2D eigenvalue weighted by Gasteiger charge is -2.41. The van der Waals surface area contributed by atoms with Gasteiger partial charge in [0.2, 0.25) is 33.7 Å². The predicted molar refractivity (Wildman–Crippen MR) is 299 cm³/mol. The third kappa shape index (κ3) is 19.3. The lowest BCUT2D eigenvalue weighted by atomic mass is 9.83. The first-order chi connectivity index (χ1) is 37.3. The van der Waals surface area contributed by atoms with E-state index >= 15 is 0 Å². The molecule has 1 saturated carbocycles. The SMILES string of the molecule is CC[C@H](C)[C@@H]([C@@H](CC(=O)N1CCC[C@H]1[C@H](OC)[C@@H](C)C(=O)N[C@@H](Cc1ccc(OC(=O)CCCCCCC(=O)N2CCC(C(=O)O)CC2)cc1)C(=O)NS(=O)(=O)C1CC1)OC)N(C)C(=O)[C@@H](CC(=O)[C@H](C(C)C)N(C)C)C(C)C. The van der Waals surface area contributed by atoms with Crippen LogP contribution in [0.4, 0.5) is 0 Å². The molecule has 0 spiro atoms. The standard InChI is InChI=1S/C58H94N6O14S/c1-13-38(6)53(62(10)57(71)44(36(2)3)34-47(65)52(37(4)5)61(8)9)48(76-11)35-50(67)64-30-18-19-46(64)54(77-12)39(7)55(69)59-45(56(70)60-79(74,75)43-26-27-43)33-40-22-24-42(25-23-40)78-51(68)21-17-15-14-16-20-49(66)63-31-28-41(29-32-63)58(72)73/h22-25,36-39,41,43-46,48,52-54H,13-21,26-35H2,1-12H3,(H,59,69)(H,60,70)(H,72,73)/t38-,39+,44-,45-,46-,48+,52-,53-,54+/m0/s1. The summed E-state index contributed by atoms with van der Waals surface area (Å²) in [6.45, 7) is 14.8. The monoisotopic (exact) mass is 1130 g/mol. The molecule has 0 aromatic heterocycles. The van der Waals surface area contributed by atoms with Crippen LogP contribution in [-0.2, 0) is 64.3 Å². The number of esters is 1. The number of Topliss-reactive ketones (excluding diaryl/α,β-unsaturated/α-hetero) is 1. The number of likely N-dealkylation sites (tertiary alicyclic amines) is 2. The molecule has 1 aromatic carbocycles. The molecule has 5 amide bonds. The molecule has 21 heteroatoms. The van der Waals surface area contributed by atoms with Gasteiger partial charge in [-0.1, -0.05) is 79.9 Å². The van der Waals surface area contributed by atoms with Crippen LogP contribution in [0, 0.1) is 35.5 Å². The maximum atomic E-state index is 14.5. The molecule has 9 atom stereocenters. The zero-order chi connectivity index (χ0) is 58.9. The number of nitrogens with zero attached hydrogens (tertiary/aromatic N) is 4. The van der Waals surface area contributed by atoms with Crippen molar-refractivity contribution in [2.45, 2.75) is 193 Å². The number of piperidine rings is 1. The van der Waals surface area contributed by atoms with Gasteiger partial charge in [-0.15, -0.1) is 0 Å². The number of carboxylic acid groups (broad SMARTS) is 1. The quantitative estimate of drug-likeness (QED) is 0.0438. The highest BCUT2D eigenvalue weighted by molar-refractivity contribution is 7.90. The Morgan fingerprint density at radius 1 is 0.759 bits per heavy atom. The maximum Gasteiger partial charge on any atom is 0.311 e. The molecule has 3 aliphatic rings. The summed E-state index contributed by atoms with van der Waals surface area (Å²) in [4.78, 5) is 114. The average molecular weight is 1130 g/mol. The van der Waals surface area contributed by atoms with Crippen LogP contribution in [0.1, 0.15) is 150 Å². The topological polar surface area (TPSA) is 256 Å². The summed E-state index contributed by atoms with van der Waals surface area (Å²) in [5, 5.41) is 11.3. The van der Waals surface area contributed by atoms with Crippen LogP contribution in [0.15, 0.2) is 24.3 Å². The van der Waals surface area contributed by atoms with Crippen molar-refractivity contribution in [3.05, 3.63) is 29.8 Å². The van der Waals surface area contributed by atoms with Crippen LogP contribution >= 0.6 is 0 Å². The van der Waals surface area contributed by atoms with E-state index in [9.17, 15) is 51.9 Å². The van der Waals surface area contributed by atoms with Crippen molar-refractivity contribution in [2.24, 2.45) is 35.5 Å². The number of carbonyl (C=O) groups is 8. The van der Waals surface area contributed by atoms with E-state index in [-0.39, 0.29) is 78.7 Å². The summed E-state index contributed by atoms with van der Waals surface area (Å²) < 4.78 is 45.8. The first-order valence-electron chi connectivity index (χ1n) is 28.7. The van der Waals surface area contributed by atoms with Crippen LogP contribution in [-0.4, -0.2) is 177 Å². The molecule has 2 heterocycles. The molecule has 0 unspecified atom stereocenters. The molecule has 4 rings (SSSR count). The summed E-state index contributed by atoms with van der Waals surface area (Å²) in [6, 6.07) is 3.62. The Morgan fingerprint density at radius 2 is 1.38 bits per heavy atom. The van der Waals surface area contributed by atoms with E-state index in [0.29, 0.717) is 95.8 Å². The fraction of sp³-hybridized carbons (Fsp3) is 0.759. The second-order valence-electron chi connectivity index (χ2n) is 23.3. The molecule has 1 aromatic rings. The van der Waals surface area contributed by atoms with E-state index in [4.69, 9.17) is 14.2 Å². The summed E-state index contributed by atoms with van der Waals surface area (Å²) >= 11 is 0. The lowest BCUT2D eigenvalue weighted by Crippen LogP contribution is -2.55. The molecule has 20 nitrogen and oxygen atoms in total. The fourth-order valence-electron chi connectivity index (χ4n) is 11.5. The predicted octanol–water partition coefficient (Wildman–Crippen LogP) is 5.63. The second-order valence-corrected chi connectivity index (χ2v) is 25.2. The van der Waals surface area contributed by atoms with Crippen LogP contribution in [0.3, 0.4) is 0 Å². The third-order valence-corrected chi connectivity index (χ3v) is 18.3. The van der Waals surface area contributed by atoms with Crippen LogP contribution < -0.4 is 14.8 Å². The van der Waals surface area contributed by atoms with Gasteiger partial charge in [0.15, 0.2) is 5.78 Å². The minimum absolute atomic E-state index is 0.000969. The van der Waals surface area contributed by atoms with Gasteiger partial charge in [0, 0.05) is 72.5 Å². The molecule has 3 fully saturated rings. The summed E-state index contributed by atoms with van der Waals surface area (Å²) in [5.41, 5.74) is 0.543. The van der Waals surface area contributed by atoms with E-state index in [1.165, 1.54) is 14.2 Å². The van der Waals surface area contributed by atoms with Crippen LogP contribution in [0.5, 0.6) is 5.75 Å². The number of likely N-dealkylation sites (N-methyl/N-ethyl adjacent to an activating group) is 2. The Labute approximate surface area is 470 Å². The fourth-order valence-corrected chi connectivity index (χ4v) is 12.8. The van der Waals surface area contributed by atoms with E-state index < -0.39 is 87.1 Å². The molecule has 2 saturated heterocycles. The van der Waals surface area contributed by atoms with Crippen molar-refractivity contribution in [3.8, 4) is 5.75 Å². The van der Waals surface area contributed by atoms with Crippen molar-refractivity contribution < 1.29 is 66.1 Å². The highest BCUT2D eigenvalue weighted by Crippen LogP contribution is 2.32. The summed E-state index contributed by atoms with van der Waals surface area (Å²) in [6.07, 6.45) is 5.15. The number of nitrogens with one attached hydrogen (secondary N) is 2. The van der Waals surface area contributed by atoms with E-state index in [1.54, 1.807) is 52.9 Å². The zero-order valence-electron chi connectivity index (χ0n) is 49.2.